The van der Waals surface area contributed by atoms with E-state index in [0.717, 1.165) is 12.3 Å². The third-order valence-corrected chi connectivity index (χ3v) is 5.03. The molecule has 1 fully saturated rings. The summed E-state index contributed by atoms with van der Waals surface area (Å²) in [5.41, 5.74) is 7.50. The molecule has 0 spiro atoms. The van der Waals surface area contributed by atoms with E-state index in [9.17, 15) is 0 Å². The summed E-state index contributed by atoms with van der Waals surface area (Å²) in [7, 11) is 0. The van der Waals surface area contributed by atoms with Crippen LogP contribution < -0.4 is 5.73 Å². The molecule has 2 rings (SSSR count). The van der Waals surface area contributed by atoms with E-state index in [2.05, 4.69) is 31.2 Å². The van der Waals surface area contributed by atoms with Crippen LogP contribution in [0.1, 0.15) is 50.6 Å². The molecular formula is C15H23NS. The molecular weight excluding hydrogens is 226 g/mol. The van der Waals surface area contributed by atoms with Gasteiger partial charge in [0.05, 0.1) is 0 Å². The Balaban J connectivity index is 1.98. The van der Waals surface area contributed by atoms with Crippen LogP contribution in [0.2, 0.25) is 0 Å². The molecule has 1 saturated carbocycles. The van der Waals surface area contributed by atoms with Crippen molar-refractivity contribution in [3.05, 3.63) is 29.8 Å². The molecule has 0 unspecified atom stereocenters. The Morgan fingerprint density at radius 1 is 1.29 bits per heavy atom. The van der Waals surface area contributed by atoms with Crippen LogP contribution in [0, 0.1) is 5.92 Å². The van der Waals surface area contributed by atoms with Crippen LogP contribution >= 0.6 is 11.8 Å². The minimum absolute atomic E-state index is 0.197. The van der Waals surface area contributed by atoms with Gasteiger partial charge in [0.25, 0.3) is 0 Å². The normalized spacial score (nSPS) is 18.5. The zero-order valence-electron chi connectivity index (χ0n) is 10.7. The van der Waals surface area contributed by atoms with Crippen molar-refractivity contribution in [3.8, 4) is 0 Å². The van der Waals surface area contributed by atoms with Crippen molar-refractivity contribution in [1.82, 2.24) is 0 Å². The maximum atomic E-state index is 6.17. The van der Waals surface area contributed by atoms with E-state index in [1.165, 1.54) is 41.9 Å². The van der Waals surface area contributed by atoms with E-state index in [1.807, 2.05) is 11.8 Å². The lowest BCUT2D eigenvalue weighted by Gasteiger charge is -2.15. The van der Waals surface area contributed by atoms with Gasteiger partial charge in [0.2, 0.25) is 0 Å². The molecule has 1 aromatic rings. The van der Waals surface area contributed by atoms with E-state index >= 15 is 0 Å². The molecule has 2 heteroatoms. The number of thioether (sulfide) groups is 1. The summed E-state index contributed by atoms with van der Waals surface area (Å²) >= 11 is 2.01. The first-order valence-corrected chi connectivity index (χ1v) is 7.77. The standard InChI is InChI=1S/C15H23NS/c1-2-14(16)13-9-5-6-10-15(13)17-11-12-7-3-4-8-12/h5-6,9-10,12,14H,2-4,7-8,11,16H2,1H3/t14-/m1/s1. The molecule has 0 amide bonds. The Hall–Kier alpha value is -0.470. The van der Waals surface area contributed by atoms with Gasteiger partial charge in [0.15, 0.2) is 0 Å². The van der Waals surface area contributed by atoms with Gasteiger partial charge in [-0.1, -0.05) is 38.0 Å². The van der Waals surface area contributed by atoms with E-state index in [1.54, 1.807) is 0 Å². The van der Waals surface area contributed by atoms with Gasteiger partial charge in [0, 0.05) is 16.7 Å². The highest BCUT2D eigenvalue weighted by Gasteiger charge is 2.16. The Morgan fingerprint density at radius 2 is 2.00 bits per heavy atom. The van der Waals surface area contributed by atoms with Gasteiger partial charge >= 0.3 is 0 Å². The van der Waals surface area contributed by atoms with Crippen molar-refractivity contribution in [2.45, 2.75) is 50.0 Å². The molecule has 1 aromatic carbocycles. The SMILES string of the molecule is CC[C@@H](N)c1ccccc1SCC1CCCC1. The van der Waals surface area contributed by atoms with Crippen molar-refractivity contribution < 1.29 is 0 Å². The van der Waals surface area contributed by atoms with Gasteiger partial charge in [0.1, 0.15) is 0 Å². The van der Waals surface area contributed by atoms with Crippen molar-refractivity contribution >= 4 is 11.8 Å². The fraction of sp³-hybridized carbons (Fsp3) is 0.600. The highest BCUT2D eigenvalue weighted by Crippen LogP contribution is 2.33. The predicted molar refractivity (Wildman–Crippen MR) is 76.3 cm³/mol. The first kappa shape index (κ1) is 13.0. The smallest absolute Gasteiger partial charge is 0.0303 e. The van der Waals surface area contributed by atoms with Crippen LogP contribution in [0.25, 0.3) is 0 Å². The molecule has 17 heavy (non-hydrogen) atoms. The second-order valence-electron chi connectivity index (χ2n) is 5.01. The minimum Gasteiger partial charge on any atom is -0.324 e. The Morgan fingerprint density at radius 3 is 2.71 bits per heavy atom. The molecule has 1 aliphatic rings. The lowest BCUT2D eigenvalue weighted by molar-refractivity contribution is 0.622. The zero-order chi connectivity index (χ0) is 12.1. The average molecular weight is 249 g/mol. The van der Waals surface area contributed by atoms with Gasteiger partial charge in [-0.15, -0.1) is 11.8 Å². The van der Waals surface area contributed by atoms with Gasteiger partial charge in [-0.25, -0.2) is 0 Å². The zero-order valence-corrected chi connectivity index (χ0v) is 11.5. The van der Waals surface area contributed by atoms with Crippen LogP contribution in [0.15, 0.2) is 29.2 Å². The molecule has 1 aliphatic carbocycles. The monoisotopic (exact) mass is 249 g/mol. The molecule has 0 saturated heterocycles. The van der Waals surface area contributed by atoms with Crippen LogP contribution in [-0.4, -0.2) is 5.75 Å². The molecule has 2 N–H and O–H groups in total. The number of hydrogen-bond acceptors (Lipinski definition) is 2. The van der Waals surface area contributed by atoms with E-state index in [0.29, 0.717) is 0 Å². The number of rotatable bonds is 5. The number of benzene rings is 1. The van der Waals surface area contributed by atoms with Crippen molar-refractivity contribution in [2.24, 2.45) is 11.7 Å². The van der Waals surface area contributed by atoms with Gasteiger partial charge < -0.3 is 5.73 Å². The highest BCUT2D eigenvalue weighted by molar-refractivity contribution is 7.99. The number of nitrogens with two attached hydrogens (primary N) is 1. The van der Waals surface area contributed by atoms with E-state index < -0.39 is 0 Å². The maximum absolute atomic E-state index is 6.17. The van der Waals surface area contributed by atoms with Gasteiger partial charge in [-0.2, -0.15) is 0 Å². The Bertz CT molecular complexity index is 345. The summed E-state index contributed by atoms with van der Waals surface area (Å²) in [6, 6.07) is 8.84. The molecule has 0 aromatic heterocycles. The van der Waals surface area contributed by atoms with Crippen molar-refractivity contribution in [3.63, 3.8) is 0 Å². The summed E-state index contributed by atoms with van der Waals surface area (Å²) in [6.45, 7) is 2.16. The largest absolute Gasteiger partial charge is 0.324 e. The topological polar surface area (TPSA) is 26.0 Å². The van der Waals surface area contributed by atoms with Crippen LogP contribution in [0.4, 0.5) is 0 Å². The van der Waals surface area contributed by atoms with E-state index in [4.69, 9.17) is 5.73 Å². The third kappa shape index (κ3) is 3.49. The molecule has 94 valence electrons. The fourth-order valence-corrected chi connectivity index (χ4v) is 3.83. The quantitative estimate of drug-likeness (QED) is 0.784. The third-order valence-electron chi connectivity index (χ3n) is 3.71. The van der Waals surface area contributed by atoms with Crippen molar-refractivity contribution in [2.75, 3.05) is 5.75 Å². The predicted octanol–water partition coefficient (Wildman–Crippen LogP) is 4.38. The Labute approximate surface area is 109 Å². The molecule has 0 bridgehead atoms. The molecule has 0 aliphatic heterocycles. The Kier molecular flexibility index (Phi) is 4.93. The molecule has 0 radical (unpaired) electrons. The van der Waals surface area contributed by atoms with Crippen LogP contribution in [-0.2, 0) is 0 Å². The lowest BCUT2D eigenvalue weighted by Crippen LogP contribution is -2.10. The van der Waals surface area contributed by atoms with E-state index in [-0.39, 0.29) is 6.04 Å². The van der Waals surface area contributed by atoms with Gasteiger partial charge in [-0.05, 0) is 36.8 Å². The first-order chi connectivity index (χ1) is 8.31. The summed E-state index contributed by atoms with van der Waals surface area (Å²) in [6.07, 6.45) is 6.73. The highest BCUT2D eigenvalue weighted by atomic mass is 32.2. The number of hydrogen-bond donors (Lipinski definition) is 1. The van der Waals surface area contributed by atoms with Crippen LogP contribution in [0.5, 0.6) is 0 Å². The van der Waals surface area contributed by atoms with Crippen LogP contribution in [0.3, 0.4) is 0 Å². The average Bonchev–Trinajstić information content (AvgIpc) is 2.89. The summed E-state index contributed by atoms with van der Waals surface area (Å²) in [5.74, 6) is 2.21. The summed E-state index contributed by atoms with van der Waals surface area (Å²) in [4.78, 5) is 1.40. The molecule has 0 heterocycles. The lowest BCUT2D eigenvalue weighted by atomic mass is 10.1. The second-order valence-corrected chi connectivity index (χ2v) is 6.08. The minimum atomic E-state index is 0.197. The molecule has 1 atom stereocenters. The summed E-state index contributed by atoms with van der Waals surface area (Å²) < 4.78 is 0. The fourth-order valence-electron chi connectivity index (χ4n) is 2.52. The maximum Gasteiger partial charge on any atom is 0.0303 e. The first-order valence-electron chi connectivity index (χ1n) is 6.78. The summed E-state index contributed by atoms with van der Waals surface area (Å²) in [5, 5.41) is 0. The van der Waals surface area contributed by atoms with Crippen molar-refractivity contribution in [1.29, 1.82) is 0 Å². The molecule has 1 nitrogen and oxygen atoms in total. The second kappa shape index (κ2) is 6.46. The van der Waals surface area contributed by atoms with Gasteiger partial charge in [-0.3, -0.25) is 0 Å².